The summed E-state index contributed by atoms with van der Waals surface area (Å²) in [5.41, 5.74) is 1.47. The molecule has 1 saturated carbocycles. The Morgan fingerprint density at radius 2 is 2.21 bits per heavy atom. The summed E-state index contributed by atoms with van der Waals surface area (Å²) in [6.45, 7) is 0. The molecule has 2 aliphatic rings. The topological polar surface area (TPSA) is 88.3 Å². The molecule has 8 heteroatoms. The number of nitrogens with one attached hydrogen (secondary N) is 1. The van der Waals surface area contributed by atoms with Crippen molar-refractivity contribution >= 4 is 29.2 Å². The first-order chi connectivity index (χ1) is 11.6. The van der Waals surface area contributed by atoms with Gasteiger partial charge in [0.05, 0.1) is 18.7 Å². The Morgan fingerprint density at radius 1 is 1.33 bits per heavy atom. The number of aromatic nitrogens is 4. The highest BCUT2D eigenvalue weighted by molar-refractivity contribution is 5.83. The minimum atomic E-state index is 0.158. The fourth-order valence-corrected chi connectivity index (χ4v) is 3.79. The van der Waals surface area contributed by atoms with Gasteiger partial charge < -0.3 is 14.8 Å². The predicted octanol–water partition coefficient (Wildman–Crippen LogP) is 1.28. The largest absolute Gasteiger partial charge is 0.369 e. The Kier molecular flexibility index (Phi) is 3.66. The van der Waals surface area contributed by atoms with Crippen LogP contribution in [-0.2, 0) is 4.79 Å². The lowest BCUT2D eigenvalue weighted by Crippen LogP contribution is -2.49. The molecule has 1 N–H and O–H groups in total. The van der Waals surface area contributed by atoms with Gasteiger partial charge in [-0.1, -0.05) is 0 Å². The van der Waals surface area contributed by atoms with Crippen molar-refractivity contribution in [2.24, 2.45) is 10.9 Å². The highest BCUT2D eigenvalue weighted by Crippen LogP contribution is 2.38. The van der Waals surface area contributed by atoms with Gasteiger partial charge >= 0.3 is 0 Å². The number of hydrogen-bond acceptors (Lipinski definition) is 5. The summed E-state index contributed by atoms with van der Waals surface area (Å²) in [5.74, 6) is 1.25. The summed E-state index contributed by atoms with van der Waals surface area (Å²) in [6, 6.07) is 0.349. The molecule has 0 spiro atoms. The molecule has 2 fully saturated rings. The van der Waals surface area contributed by atoms with Crippen LogP contribution in [0.5, 0.6) is 0 Å². The molecular formula is C16H21N7O. The summed E-state index contributed by atoms with van der Waals surface area (Å²) in [4.78, 5) is 31.2. The number of amides is 1. The molecule has 8 nitrogen and oxygen atoms in total. The van der Waals surface area contributed by atoms with Gasteiger partial charge in [-0.05, 0) is 25.2 Å². The number of nitrogens with zero attached hydrogens (tertiary/aromatic N) is 6. The molecule has 1 aliphatic heterocycles. The number of rotatable bonds is 3. The first-order valence-electron chi connectivity index (χ1n) is 8.29. The van der Waals surface area contributed by atoms with Crippen molar-refractivity contribution in [1.29, 1.82) is 0 Å². The molecule has 1 saturated heterocycles. The molecule has 1 aliphatic carbocycles. The predicted molar refractivity (Wildman–Crippen MR) is 90.1 cm³/mol. The van der Waals surface area contributed by atoms with Gasteiger partial charge in [0.1, 0.15) is 6.33 Å². The number of hydrogen-bond donors (Lipinski definition) is 1. The van der Waals surface area contributed by atoms with E-state index in [0.29, 0.717) is 23.7 Å². The Hall–Kier alpha value is -2.51. The Labute approximate surface area is 140 Å². The Balaban J connectivity index is 1.70. The van der Waals surface area contributed by atoms with Crippen molar-refractivity contribution in [3.8, 4) is 0 Å². The van der Waals surface area contributed by atoms with E-state index >= 15 is 0 Å². The van der Waals surface area contributed by atoms with Crippen LogP contribution in [0.1, 0.15) is 31.7 Å². The molecule has 2 aromatic rings. The molecule has 126 valence electrons. The van der Waals surface area contributed by atoms with Crippen LogP contribution in [0.2, 0.25) is 0 Å². The van der Waals surface area contributed by atoms with Gasteiger partial charge in [-0.2, -0.15) is 0 Å². The average Bonchev–Trinajstić information content (AvgIpc) is 2.97. The van der Waals surface area contributed by atoms with Crippen molar-refractivity contribution in [2.45, 2.75) is 37.8 Å². The van der Waals surface area contributed by atoms with Gasteiger partial charge in [0, 0.05) is 26.6 Å². The minimum Gasteiger partial charge on any atom is -0.369 e. The highest BCUT2D eigenvalue weighted by Gasteiger charge is 2.38. The van der Waals surface area contributed by atoms with E-state index in [0.717, 1.165) is 24.9 Å². The van der Waals surface area contributed by atoms with E-state index in [1.54, 1.807) is 12.7 Å². The molecule has 4 rings (SSSR count). The van der Waals surface area contributed by atoms with Crippen LogP contribution in [-0.4, -0.2) is 56.8 Å². The molecular weight excluding hydrogens is 306 g/mol. The van der Waals surface area contributed by atoms with Crippen molar-refractivity contribution in [3.05, 3.63) is 12.7 Å². The summed E-state index contributed by atoms with van der Waals surface area (Å²) < 4.78 is 2.08. The van der Waals surface area contributed by atoms with Crippen LogP contribution >= 0.6 is 0 Å². The molecule has 3 atom stereocenters. The second kappa shape index (κ2) is 5.85. The number of aliphatic imine (C=N–C) groups is 1. The summed E-state index contributed by atoms with van der Waals surface area (Å²) in [7, 11) is 3.81. The number of carbonyl (C=O) groups excluding carboxylic acids is 1. The second-order valence-electron chi connectivity index (χ2n) is 6.85. The van der Waals surface area contributed by atoms with Crippen molar-refractivity contribution in [1.82, 2.24) is 29.7 Å². The van der Waals surface area contributed by atoms with Crippen LogP contribution in [0, 0.1) is 5.92 Å². The fraction of sp³-hybridized carbons (Fsp3) is 0.562. The quantitative estimate of drug-likeness (QED) is 0.677. The maximum absolute atomic E-state index is 11.9. The molecule has 0 radical (unpaired) electrons. The van der Waals surface area contributed by atoms with Gasteiger partial charge in [0.15, 0.2) is 17.0 Å². The van der Waals surface area contributed by atoms with Gasteiger partial charge in [-0.25, -0.2) is 19.9 Å². The average molecular weight is 327 g/mol. The zero-order valence-corrected chi connectivity index (χ0v) is 13.9. The van der Waals surface area contributed by atoms with Crippen molar-refractivity contribution < 1.29 is 4.79 Å². The monoisotopic (exact) mass is 327 g/mol. The molecule has 24 heavy (non-hydrogen) atoms. The summed E-state index contributed by atoms with van der Waals surface area (Å²) in [6.07, 6.45) is 8.83. The van der Waals surface area contributed by atoms with Gasteiger partial charge in [0.25, 0.3) is 0 Å². The van der Waals surface area contributed by atoms with Crippen LogP contribution in [0.25, 0.3) is 11.2 Å². The van der Waals surface area contributed by atoms with E-state index in [1.807, 2.05) is 19.0 Å². The number of fused-ring (bicyclic) bond motifs is 3. The zero-order chi connectivity index (χ0) is 16.7. The van der Waals surface area contributed by atoms with E-state index in [1.165, 1.54) is 6.33 Å². The van der Waals surface area contributed by atoms with Gasteiger partial charge in [-0.3, -0.25) is 4.79 Å². The summed E-state index contributed by atoms with van der Waals surface area (Å²) in [5, 5.41) is 3.14. The second-order valence-corrected chi connectivity index (χ2v) is 6.85. The Morgan fingerprint density at radius 3 is 3.04 bits per heavy atom. The SMILES string of the molecule is CN(C)C=Nc1ncnc2c1ncn2C1CCC2CC(=O)NC1C2. The van der Waals surface area contributed by atoms with E-state index in [2.05, 4.69) is 29.8 Å². The number of imidazole rings is 1. The van der Waals surface area contributed by atoms with Gasteiger partial charge in [-0.15, -0.1) is 0 Å². The normalized spacial score (nSPS) is 26.8. The maximum atomic E-state index is 11.9. The maximum Gasteiger partial charge on any atom is 0.220 e. The molecule has 3 unspecified atom stereocenters. The molecule has 2 bridgehead atoms. The molecule has 3 heterocycles. The third-order valence-corrected chi connectivity index (χ3v) is 4.85. The van der Waals surface area contributed by atoms with E-state index < -0.39 is 0 Å². The lowest BCUT2D eigenvalue weighted by molar-refractivity contribution is -0.126. The summed E-state index contributed by atoms with van der Waals surface area (Å²) >= 11 is 0. The first-order valence-corrected chi connectivity index (χ1v) is 8.29. The van der Waals surface area contributed by atoms with E-state index in [9.17, 15) is 4.79 Å². The first kappa shape index (κ1) is 15.0. The lowest BCUT2D eigenvalue weighted by Gasteiger charge is -2.40. The standard InChI is InChI=1S/C16H21N7O/c1-22(2)8-20-15-14-16(18-7-17-15)23(9-19-14)12-4-3-10-5-11(12)21-13(24)6-10/h7-12H,3-6H2,1-2H3,(H,21,24). The van der Waals surface area contributed by atoms with Crippen LogP contribution in [0.4, 0.5) is 5.82 Å². The Bertz CT molecular complexity index is 797. The van der Waals surface area contributed by atoms with Crippen LogP contribution in [0.15, 0.2) is 17.6 Å². The van der Waals surface area contributed by atoms with Gasteiger partial charge in [0.2, 0.25) is 5.91 Å². The molecule has 0 aromatic carbocycles. The minimum absolute atomic E-state index is 0.158. The van der Waals surface area contributed by atoms with Crippen LogP contribution in [0.3, 0.4) is 0 Å². The highest BCUT2D eigenvalue weighted by atomic mass is 16.1. The number of carbonyl (C=O) groups is 1. The third-order valence-electron chi connectivity index (χ3n) is 4.85. The fourth-order valence-electron chi connectivity index (χ4n) is 3.79. The third kappa shape index (κ3) is 2.61. The van der Waals surface area contributed by atoms with Crippen LogP contribution < -0.4 is 5.32 Å². The van der Waals surface area contributed by atoms with Crippen molar-refractivity contribution in [2.75, 3.05) is 14.1 Å². The molecule has 1 amide bonds. The smallest absolute Gasteiger partial charge is 0.220 e. The lowest BCUT2D eigenvalue weighted by atomic mass is 9.77. The van der Waals surface area contributed by atoms with Crippen molar-refractivity contribution in [3.63, 3.8) is 0 Å². The van der Waals surface area contributed by atoms with E-state index in [4.69, 9.17) is 0 Å². The van der Waals surface area contributed by atoms with E-state index in [-0.39, 0.29) is 18.0 Å². The molecule has 2 aromatic heterocycles. The number of piperidine rings is 1. The zero-order valence-electron chi connectivity index (χ0n) is 13.9.